The van der Waals surface area contributed by atoms with E-state index in [4.69, 9.17) is 25.7 Å². The number of unbranched alkanes of at least 4 members (excludes halogenated alkanes) is 1. The number of benzene rings is 2. The van der Waals surface area contributed by atoms with Gasteiger partial charge in [-0.3, -0.25) is 4.90 Å². The molecule has 0 aliphatic carbocycles. The molecule has 1 aliphatic rings. The first-order valence-electron chi connectivity index (χ1n) is 9.06. The van der Waals surface area contributed by atoms with Crippen LogP contribution >= 0.6 is 0 Å². The Morgan fingerprint density at radius 1 is 0.885 bits per heavy atom. The van der Waals surface area contributed by atoms with Crippen molar-refractivity contribution >= 4 is 11.4 Å². The van der Waals surface area contributed by atoms with E-state index >= 15 is 0 Å². The topological polar surface area (TPSA) is 83.0 Å². The number of hydrogen-bond acceptors (Lipinski definition) is 6. The summed E-state index contributed by atoms with van der Waals surface area (Å²) in [6, 6.07) is 12.9. The molecule has 0 unspecified atom stereocenters. The molecule has 3 rings (SSSR count). The highest BCUT2D eigenvalue weighted by Gasteiger charge is 2.09. The molecule has 1 heterocycles. The number of nitrogens with two attached hydrogens (primary N) is 2. The fourth-order valence-electron chi connectivity index (χ4n) is 2.83. The van der Waals surface area contributed by atoms with E-state index in [1.807, 2.05) is 24.3 Å². The first-order chi connectivity index (χ1) is 12.7. The number of hydrogen-bond donors (Lipinski definition) is 2. The maximum absolute atomic E-state index is 5.85. The number of rotatable bonds is 8. The van der Waals surface area contributed by atoms with Crippen molar-refractivity contribution in [1.82, 2.24) is 4.90 Å². The number of nitrogen functional groups attached to an aromatic ring is 2. The molecule has 0 radical (unpaired) electrons. The van der Waals surface area contributed by atoms with Crippen LogP contribution in [0.5, 0.6) is 17.2 Å². The van der Waals surface area contributed by atoms with Gasteiger partial charge in [-0.1, -0.05) is 6.07 Å². The molecule has 1 fully saturated rings. The van der Waals surface area contributed by atoms with Crippen LogP contribution in [0, 0.1) is 0 Å². The van der Waals surface area contributed by atoms with E-state index in [2.05, 4.69) is 4.90 Å². The first kappa shape index (κ1) is 18.4. The largest absolute Gasteiger partial charge is 0.493 e. The van der Waals surface area contributed by atoms with E-state index in [9.17, 15) is 0 Å². The highest BCUT2D eigenvalue weighted by Crippen LogP contribution is 2.28. The van der Waals surface area contributed by atoms with Gasteiger partial charge in [0.25, 0.3) is 0 Å². The Bertz CT molecular complexity index is 702. The lowest BCUT2D eigenvalue weighted by Gasteiger charge is -2.26. The van der Waals surface area contributed by atoms with Gasteiger partial charge in [-0.05, 0) is 43.7 Å². The molecule has 2 aromatic rings. The van der Waals surface area contributed by atoms with Crippen LogP contribution < -0.4 is 20.9 Å². The van der Waals surface area contributed by atoms with Gasteiger partial charge in [0.1, 0.15) is 17.2 Å². The number of morpholine rings is 1. The Kier molecular flexibility index (Phi) is 6.57. The molecule has 4 N–H and O–H groups in total. The summed E-state index contributed by atoms with van der Waals surface area (Å²) in [5.41, 5.74) is 12.6. The fraction of sp³-hybridized carbons (Fsp3) is 0.400. The van der Waals surface area contributed by atoms with Gasteiger partial charge in [0.15, 0.2) is 0 Å². The molecule has 1 saturated heterocycles. The second kappa shape index (κ2) is 9.31. The van der Waals surface area contributed by atoms with Gasteiger partial charge < -0.3 is 25.7 Å². The molecule has 0 amide bonds. The molecule has 0 bridgehead atoms. The number of nitrogens with zero attached hydrogens (tertiary/aromatic N) is 1. The molecule has 26 heavy (non-hydrogen) atoms. The van der Waals surface area contributed by atoms with Crippen molar-refractivity contribution in [2.45, 2.75) is 12.8 Å². The normalized spacial score (nSPS) is 14.9. The lowest BCUT2D eigenvalue weighted by molar-refractivity contribution is 0.0368. The van der Waals surface area contributed by atoms with E-state index in [0.717, 1.165) is 51.4 Å². The molecule has 2 aromatic carbocycles. The van der Waals surface area contributed by atoms with Gasteiger partial charge in [0.2, 0.25) is 0 Å². The zero-order chi connectivity index (χ0) is 18.2. The van der Waals surface area contributed by atoms with Gasteiger partial charge in [0, 0.05) is 25.2 Å². The van der Waals surface area contributed by atoms with Crippen molar-refractivity contribution in [1.29, 1.82) is 0 Å². The molecular weight excluding hydrogens is 330 g/mol. The summed E-state index contributed by atoms with van der Waals surface area (Å²) in [5.74, 6) is 2.16. The van der Waals surface area contributed by atoms with Gasteiger partial charge in [-0.25, -0.2) is 0 Å². The highest BCUT2D eigenvalue weighted by molar-refractivity contribution is 5.65. The molecule has 0 spiro atoms. The van der Waals surface area contributed by atoms with Gasteiger partial charge in [-0.2, -0.15) is 0 Å². The van der Waals surface area contributed by atoms with E-state index in [1.54, 1.807) is 18.2 Å². The average Bonchev–Trinajstić information content (AvgIpc) is 2.66. The summed E-state index contributed by atoms with van der Waals surface area (Å²) >= 11 is 0. The van der Waals surface area contributed by atoms with E-state index < -0.39 is 0 Å². The Hall–Kier alpha value is -2.44. The van der Waals surface area contributed by atoms with Crippen LogP contribution in [0.25, 0.3) is 0 Å². The van der Waals surface area contributed by atoms with Crippen molar-refractivity contribution in [3.8, 4) is 17.2 Å². The molecule has 6 nitrogen and oxygen atoms in total. The minimum Gasteiger partial charge on any atom is -0.493 e. The van der Waals surface area contributed by atoms with E-state index in [1.165, 1.54) is 0 Å². The van der Waals surface area contributed by atoms with Gasteiger partial charge in [0.05, 0.1) is 31.2 Å². The summed E-state index contributed by atoms with van der Waals surface area (Å²) < 4.78 is 17.0. The second-order valence-electron chi connectivity index (χ2n) is 6.38. The zero-order valence-electron chi connectivity index (χ0n) is 15.0. The van der Waals surface area contributed by atoms with Crippen LogP contribution in [0.4, 0.5) is 11.4 Å². The third-order valence-corrected chi connectivity index (χ3v) is 4.34. The SMILES string of the molecule is Nc1ccc(Oc2cccc(OCCCCN3CCOCC3)c2)cc1N. The minimum absolute atomic E-state index is 0.509. The van der Waals surface area contributed by atoms with Crippen LogP contribution in [0.15, 0.2) is 42.5 Å². The van der Waals surface area contributed by atoms with Crippen LogP contribution in [0.3, 0.4) is 0 Å². The van der Waals surface area contributed by atoms with Crippen molar-refractivity contribution in [2.75, 3.05) is 50.9 Å². The maximum atomic E-state index is 5.85. The van der Waals surface area contributed by atoms with Gasteiger partial charge in [-0.15, -0.1) is 0 Å². The fourth-order valence-corrected chi connectivity index (χ4v) is 2.83. The smallest absolute Gasteiger partial charge is 0.131 e. The quantitative estimate of drug-likeness (QED) is 0.558. The maximum Gasteiger partial charge on any atom is 0.131 e. The predicted octanol–water partition coefficient (Wildman–Crippen LogP) is 3.13. The van der Waals surface area contributed by atoms with Gasteiger partial charge >= 0.3 is 0 Å². The molecule has 6 heteroatoms. The first-order valence-corrected chi connectivity index (χ1v) is 9.06. The Balaban J connectivity index is 1.42. The summed E-state index contributed by atoms with van der Waals surface area (Å²) in [7, 11) is 0. The van der Waals surface area contributed by atoms with Crippen molar-refractivity contribution in [3.05, 3.63) is 42.5 Å². The van der Waals surface area contributed by atoms with Crippen molar-refractivity contribution in [3.63, 3.8) is 0 Å². The molecule has 140 valence electrons. The van der Waals surface area contributed by atoms with E-state index in [-0.39, 0.29) is 0 Å². The second-order valence-corrected chi connectivity index (χ2v) is 6.38. The number of ether oxygens (including phenoxy) is 3. The summed E-state index contributed by atoms with van der Waals surface area (Å²) in [5, 5.41) is 0. The monoisotopic (exact) mass is 357 g/mol. The van der Waals surface area contributed by atoms with Crippen LogP contribution in [0.2, 0.25) is 0 Å². The van der Waals surface area contributed by atoms with Crippen LogP contribution in [-0.4, -0.2) is 44.4 Å². The lowest BCUT2D eigenvalue weighted by Crippen LogP contribution is -2.36. The van der Waals surface area contributed by atoms with Crippen LogP contribution in [-0.2, 0) is 4.74 Å². The Labute approximate surface area is 154 Å². The Morgan fingerprint density at radius 3 is 2.46 bits per heavy atom. The van der Waals surface area contributed by atoms with Crippen molar-refractivity contribution < 1.29 is 14.2 Å². The number of anilines is 2. The summed E-state index contributed by atoms with van der Waals surface area (Å²) in [6.45, 7) is 5.58. The average molecular weight is 357 g/mol. The molecule has 0 saturated carbocycles. The minimum atomic E-state index is 0.509. The van der Waals surface area contributed by atoms with Crippen molar-refractivity contribution in [2.24, 2.45) is 0 Å². The summed E-state index contributed by atoms with van der Waals surface area (Å²) in [6.07, 6.45) is 2.15. The molecule has 1 aliphatic heterocycles. The molecule has 0 aromatic heterocycles. The lowest BCUT2D eigenvalue weighted by atomic mass is 10.2. The standard InChI is InChI=1S/C20H27N3O3/c21-19-7-6-18(15-20(19)22)26-17-5-3-4-16(14-17)25-11-2-1-8-23-9-12-24-13-10-23/h3-7,14-15H,1-2,8-13,21-22H2. The highest BCUT2D eigenvalue weighted by atomic mass is 16.5. The molecule has 0 atom stereocenters. The molecular formula is C20H27N3O3. The zero-order valence-corrected chi connectivity index (χ0v) is 15.0. The third-order valence-electron chi connectivity index (χ3n) is 4.34. The Morgan fingerprint density at radius 2 is 1.65 bits per heavy atom. The van der Waals surface area contributed by atoms with Crippen LogP contribution in [0.1, 0.15) is 12.8 Å². The third kappa shape index (κ3) is 5.54. The predicted molar refractivity (Wildman–Crippen MR) is 104 cm³/mol. The van der Waals surface area contributed by atoms with E-state index in [0.29, 0.717) is 29.5 Å². The summed E-state index contributed by atoms with van der Waals surface area (Å²) in [4.78, 5) is 2.44.